The Balaban J connectivity index is 2.33. The summed E-state index contributed by atoms with van der Waals surface area (Å²) >= 11 is 0. The molecule has 29 heavy (non-hydrogen) atoms. The highest BCUT2D eigenvalue weighted by Crippen LogP contribution is 2.57. The zero-order valence-corrected chi connectivity index (χ0v) is 16.7. The number of rotatable bonds is 5. The molecule has 2 aliphatic carbocycles. The number of benzene rings is 1. The summed E-state index contributed by atoms with van der Waals surface area (Å²) in [6.45, 7) is 4.72. The third kappa shape index (κ3) is 3.20. The molecule has 0 spiro atoms. The average molecular weight is 388 g/mol. The van der Waals surface area contributed by atoms with Crippen LogP contribution < -0.4 is 15.2 Å². The first-order valence-electron chi connectivity index (χ1n) is 9.90. The Morgan fingerprint density at radius 1 is 1.14 bits per heavy atom. The molecule has 1 aromatic rings. The fraction of sp³-hybridized carbons (Fsp3) is 0.435. The Labute approximate surface area is 171 Å². The van der Waals surface area contributed by atoms with Gasteiger partial charge in [-0.3, -0.25) is 0 Å². The number of allylic oxidation sites excluding steroid dienone is 4. The van der Waals surface area contributed by atoms with E-state index in [2.05, 4.69) is 18.2 Å². The fourth-order valence-electron chi connectivity index (χ4n) is 4.53. The van der Waals surface area contributed by atoms with Crippen LogP contribution in [0.5, 0.6) is 11.5 Å². The first-order chi connectivity index (χ1) is 14.1. The van der Waals surface area contributed by atoms with Gasteiger partial charge in [0.05, 0.1) is 36.6 Å². The predicted octanol–water partition coefficient (Wildman–Crippen LogP) is 4.08. The van der Waals surface area contributed by atoms with Crippen molar-refractivity contribution in [2.24, 2.45) is 17.1 Å². The molecule has 6 heteroatoms. The molecule has 0 amide bonds. The minimum absolute atomic E-state index is 0.0312. The van der Waals surface area contributed by atoms with Crippen LogP contribution in [-0.2, 0) is 0 Å². The maximum atomic E-state index is 10.2. The number of ether oxygens (including phenoxy) is 2. The fourth-order valence-corrected chi connectivity index (χ4v) is 4.53. The molecule has 0 radical (unpaired) electrons. The SMILES string of the molecule is CCOc1ccc(OCC)c([C@@H]2[C@@H]3CCCC=C3C(C#N)=C(N)C2(C#N)C#N)c1. The van der Waals surface area contributed by atoms with Gasteiger partial charge in [-0.2, -0.15) is 15.8 Å². The van der Waals surface area contributed by atoms with Crippen molar-refractivity contribution in [1.82, 2.24) is 0 Å². The molecular formula is C23H24N4O2. The Kier molecular flexibility index (Phi) is 5.81. The summed E-state index contributed by atoms with van der Waals surface area (Å²) in [6.07, 6.45) is 4.56. The van der Waals surface area contributed by atoms with Crippen LogP contribution in [0.1, 0.15) is 44.6 Å². The third-order valence-corrected chi connectivity index (χ3v) is 5.73. The highest BCUT2D eigenvalue weighted by atomic mass is 16.5. The molecule has 0 saturated carbocycles. The Bertz CT molecular complexity index is 974. The molecule has 1 aromatic carbocycles. The molecule has 2 N–H and O–H groups in total. The highest BCUT2D eigenvalue weighted by Gasteiger charge is 2.54. The molecule has 0 fully saturated rings. The summed E-state index contributed by atoms with van der Waals surface area (Å²) < 4.78 is 11.5. The van der Waals surface area contributed by atoms with Crippen LogP contribution in [-0.4, -0.2) is 13.2 Å². The average Bonchev–Trinajstić information content (AvgIpc) is 2.74. The second-order valence-electron chi connectivity index (χ2n) is 7.17. The van der Waals surface area contributed by atoms with Gasteiger partial charge in [0, 0.05) is 11.5 Å². The lowest BCUT2D eigenvalue weighted by molar-refractivity contribution is 0.288. The van der Waals surface area contributed by atoms with Crippen LogP contribution in [0, 0.1) is 45.3 Å². The summed E-state index contributed by atoms with van der Waals surface area (Å²) in [7, 11) is 0. The van der Waals surface area contributed by atoms with Gasteiger partial charge in [0.2, 0.25) is 0 Å². The Morgan fingerprint density at radius 3 is 2.48 bits per heavy atom. The quantitative estimate of drug-likeness (QED) is 0.812. The Hall–Kier alpha value is -3.43. The van der Waals surface area contributed by atoms with Gasteiger partial charge in [-0.25, -0.2) is 0 Å². The molecule has 148 valence electrons. The molecule has 0 heterocycles. The molecule has 0 unspecified atom stereocenters. The zero-order valence-electron chi connectivity index (χ0n) is 16.7. The van der Waals surface area contributed by atoms with E-state index in [1.807, 2.05) is 38.1 Å². The summed E-state index contributed by atoms with van der Waals surface area (Å²) in [5.41, 5.74) is 6.56. The second-order valence-corrected chi connectivity index (χ2v) is 7.17. The summed E-state index contributed by atoms with van der Waals surface area (Å²) in [5.74, 6) is 0.531. The van der Waals surface area contributed by atoms with E-state index in [1.54, 1.807) is 0 Å². The van der Waals surface area contributed by atoms with E-state index in [9.17, 15) is 15.8 Å². The Morgan fingerprint density at radius 2 is 1.86 bits per heavy atom. The van der Waals surface area contributed by atoms with Gasteiger partial charge in [0.25, 0.3) is 0 Å². The van der Waals surface area contributed by atoms with Crippen LogP contribution in [0.15, 0.2) is 41.1 Å². The zero-order chi connectivity index (χ0) is 21.0. The van der Waals surface area contributed by atoms with Crippen LogP contribution in [0.4, 0.5) is 0 Å². The van der Waals surface area contributed by atoms with Crippen molar-refractivity contribution in [3.63, 3.8) is 0 Å². The third-order valence-electron chi connectivity index (χ3n) is 5.73. The van der Waals surface area contributed by atoms with Crippen LogP contribution in [0.2, 0.25) is 0 Å². The van der Waals surface area contributed by atoms with E-state index in [0.29, 0.717) is 24.7 Å². The van der Waals surface area contributed by atoms with Gasteiger partial charge in [-0.15, -0.1) is 0 Å². The minimum atomic E-state index is -1.65. The van der Waals surface area contributed by atoms with E-state index >= 15 is 0 Å². The monoisotopic (exact) mass is 388 g/mol. The number of hydrogen-bond acceptors (Lipinski definition) is 6. The highest BCUT2D eigenvalue weighted by molar-refractivity contribution is 5.61. The van der Waals surface area contributed by atoms with Crippen LogP contribution in [0.25, 0.3) is 0 Å². The molecule has 0 aromatic heterocycles. The lowest BCUT2D eigenvalue weighted by Gasteiger charge is -2.43. The van der Waals surface area contributed by atoms with E-state index < -0.39 is 11.3 Å². The lowest BCUT2D eigenvalue weighted by atomic mass is 9.56. The van der Waals surface area contributed by atoms with Crippen molar-refractivity contribution in [3.8, 4) is 29.7 Å². The molecule has 0 aliphatic heterocycles. The number of hydrogen-bond donors (Lipinski definition) is 1. The predicted molar refractivity (Wildman–Crippen MR) is 107 cm³/mol. The van der Waals surface area contributed by atoms with E-state index in [-0.39, 0.29) is 17.2 Å². The first-order valence-corrected chi connectivity index (χ1v) is 9.90. The maximum Gasteiger partial charge on any atom is 0.191 e. The first kappa shape index (κ1) is 20.3. The maximum absolute atomic E-state index is 10.2. The van der Waals surface area contributed by atoms with Gasteiger partial charge in [0.1, 0.15) is 17.6 Å². The standard InChI is InChI=1S/C23H24N4O2/c1-3-28-15-9-10-20(29-4-2)18(11-15)21-17-8-6-5-7-16(17)19(12-24)22(27)23(21,13-25)14-26/h7,9-11,17,21H,3-6,8,27H2,1-2H3/t17-,21+/m1/s1. The van der Waals surface area contributed by atoms with Crippen LogP contribution in [0.3, 0.4) is 0 Å². The van der Waals surface area contributed by atoms with Crippen molar-refractivity contribution < 1.29 is 9.47 Å². The number of nitriles is 3. The molecule has 3 rings (SSSR count). The van der Waals surface area contributed by atoms with Crippen molar-refractivity contribution in [2.45, 2.75) is 39.0 Å². The summed E-state index contributed by atoms with van der Waals surface area (Å²) in [4.78, 5) is 0. The molecule has 6 nitrogen and oxygen atoms in total. The largest absolute Gasteiger partial charge is 0.494 e. The molecule has 0 bridgehead atoms. The topological polar surface area (TPSA) is 116 Å². The second kappa shape index (κ2) is 8.29. The molecular weight excluding hydrogens is 364 g/mol. The number of nitrogens with zero attached hydrogens (tertiary/aromatic N) is 3. The molecule has 2 aliphatic rings. The van der Waals surface area contributed by atoms with Gasteiger partial charge in [-0.05, 0) is 62.8 Å². The van der Waals surface area contributed by atoms with Gasteiger partial charge in [-0.1, -0.05) is 6.08 Å². The number of nitrogens with two attached hydrogens (primary N) is 1. The summed E-state index contributed by atoms with van der Waals surface area (Å²) in [6, 6.07) is 12.0. The smallest absolute Gasteiger partial charge is 0.191 e. The van der Waals surface area contributed by atoms with Crippen molar-refractivity contribution in [3.05, 3.63) is 46.7 Å². The molecule has 0 saturated heterocycles. The normalized spacial score (nSPS) is 22.4. The van der Waals surface area contributed by atoms with Gasteiger partial charge in [0.15, 0.2) is 5.41 Å². The van der Waals surface area contributed by atoms with Crippen molar-refractivity contribution >= 4 is 0 Å². The van der Waals surface area contributed by atoms with Crippen molar-refractivity contribution in [2.75, 3.05) is 13.2 Å². The summed E-state index contributed by atoms with van der Waals surface area (Å²) in [5, 5.41) is 30.0. The van der Waals surface area contributed by atoms with Gasteiger partial charge < -0.3 is 15.2 Å². The van der Waals surface area contributed by atoms with Gasteiger partial charge >= 0.3 is 0 Å². The lowest BCUT2D eigenvalue weighted by Crippen LogP contribution is -2.42. The number of fused-ring (bicyclic) bond motifs is 1. The van der Waals surface area contributed by atoms with E-state index in [1.165, 1.54) is 0 Å². The molecule has 2 atom stereocenters. The van der Waals surface area contributed by atoms with E-state index in [0.717, 1.165) is 30.4 Å². The van der Waals surface area contributed by atoms with Crippen LogP contribution >= 0.6 is 0 Å². The van der Waals surface area contributed by atoms with E-state index in [4.69, 9.17) is 15.2 Å². The minimum Gasteiger partial charge on any atom is -0.494 e. The van der Waals surface area contributed by atoms with Crippen molar-refractivity contribution in [1.29, 1.82) is 15.8 Å².